The zero-order valence-corrected chi connectivity index (χ0v) is 15.9. The minimum atomic E-state index is -0.471. The van der Waals surface area contributed by atoms with Crippen molar-refractivity contribution in [2.75, 3.05) is 13.1 Å². The third-order valence-corrected chi connectivity index (χ3v) is 5.15. The number of ether oxygens (including phenoxy) is 1. The third kappa shape index (κ3) is 4.56. The number of amides is 1. The Morgan fingerprint density at radius 2 is 1.93 bits per heavy atom. The molecule has 6 nitrogen and oxygen atoms in total. The Hall–Kier alpha value is -2.63. The minimum Gasteiger partial charge on any atom is -0.459 e. The van der Waals surface area contributed by atoms with E-state index in [9.17, 15) is 14.4 Å². The second-order valence-corrected chi connectivity index (χ2v) is 7.12. The Balaban J connectivity index is 1.71. The predicted octanol–water partition coefficient (Wildman–Crippen LogP) is 3.25. The van der Waals surface area contributed by atoms with Crippen LogP contribution in [-0.2, 0) is 20.9 Å². The summed E-state index contributed by atoms with van der Waals surface area (Å²) in [4.78, 5) is 37.8. The Labute approximate surface area is 158 Å². The summed E-state index contributed by atoms with van der Waals surface area (Å²) < 4.78 is 10.7. The molecule has 2 aromatic rings. The van der Waals surface area contributed by atoms with Crippen LogP contribution in [0.3, 0.4) is 0 Å². The minimum absolute atomic E-state index is 0.00329. The first kappa shape index (κ1) is 19.1. The summed E-state index contributed by atoms with van der Waals surface area (Å²) in [5.74, 6) is -0.460. The SMILES string of the molecule is Cc1ccc2c(COC(=O)CN3CCCCCCC3=O)cc(=O)oc2c1C. The molecule has 1 fully saturated rings. The van der Waals surface area contributed by atoms with Crippen LogP contribution in [0.4, 0.5) is 0 Å². The van der Waals surface area contributed by atoms with Gasteiger partial charge < -0.3 is 14.1 Å². The molecule has 1 aromatic carbocycles. The molecule has 0 radical (unpaired) electrons. The second kappa shape index (κ2) is 8.37. The van der Waals surface area contributed by atoms with E-state index in [0.29, 0.717) is 24.1 Å². The highest BCUT2D eigenvalue weighted by atomic mass is 16.5. The van der Waals surface area contributed by atoms with Crippen LogP contribution in [0.15, 0.2) is 27.4 Å². The van der Waals surface area contributed by atoms with Crippen LogP contribution < -0.4 is 5.63 Å². The van der Waals surface area contributed by atoms with Crippen molar-refractivity contribution in [2.24, 2.45) is 0 Å². The number of carbonyl (C=O) groups is 2. The number of rotatable bonds is 4. The van der Waals surface area contributed by atoms with Crippen LogP contribution in [0, 0.1) is 13.8 Å². The molecule has 0 unspecified atom stereocenters. The van der Waals surface area contributed by atoms with E-state index in [2.05, 4.69) is 0 Å². The molecule has 1 aliphatic rings. The number of esters is 1. The fourth-order valence-corrected chi connectivity index (χ4v) is 3.39. The molecule has 6 heteroatoms. The Morgan fingerprint density at radius 3 is 2.74 bits per heavy atom. The van der Waals surface area contributed by atoms with Crippen LogP contribution >= 0.6 is 0 Å². The van der Waals surface area contributed by atoms with Gasteiger partial charge in [0.2, 0.25) is 5.91 Å². The summed E-state index contributed by atoms with van der Waals surface area (Å²) in [6, 6.07) is 5.17. The van der Waals surface area contributed by atoms with E-state index >= 15 is 0 Å². The fourth-order valence-electron chi connectivity index (χ4n) is 3.39. The van der Waals surface area contributed by atoms with Crippen molar-refractivity contribution in [1.82, 2.24) is 4.90 Å². The van der Waals surface area contributed by atoms with Crippen LogP contribution in [0.25, 0.3) is 11.0 Å². The first-order valence-electron chi connectivity index (χ1n) is 9.42. The number of nitrogens with zero attached hydrogens (tertiary/aromatic N) is 1. The lowest BCUT2D eigenvalue weighted by Crippen LogP contribution is -2.37. The Morgan fingerprint density at radius 1 is 1.15 bits per heavy atom. The summed E-state index contributed by atoms with van der Waals surface area (Å²) in [6.07, 6.45) is 4.39. The number of likely N-dealkylation sites (tertiary alicyclic amines) is 1. The number of hydrogen-bond acceptors (Lipinski definition) is 5. The molecule has 0 atom stereocenters. The summed E-state index contributed by atoms with van der Waals surface area (Å²) >= 11 is 0. The van der Waals surface area contributed by atoms with Crippen LogP contribution in [0.2, 0.25) is 0 Å². The van der Waals surface area contributed by atoms with Crippen LogP contribution in [0.5, 0.6) is 0 Å². The maximum atomic E-state index is 12.3. The fraction of sp³-hybridized carbons (Fsp3) is 0.476. The molecule has 0 aliphatic carbocycles. The molecule has 3 rings (SSSR count). The molecule has 0 spiro atoms. The monoisotopic (exact) mass is 371 g/mol. The van der Waals surface area contributed by atoms with Crippen molar-refractivity contribution >= 4 is 22.8 Å². The van der Waals surface area contributed by atoms with E-state index in [1.165, 1.54) is 6.07 Å². The maximum Gasteiger partial charge on any atom is 0.336 e. The number of benzene rings is 1. The average Bonchev–Trinajstić information content (AvgIpc) is 2.63. The van der Waals surface area contributed by atoms with Crippen LogP contribution in [0.1, 0.15) is 48.8 Å². The van der Waals surface area contributed by atoms with Gasteiger partial charge in [0.1, 0.15) is 18.7 Å². The van der Waals surface area contributed by atoms with E-state index in [0.717, 1.165) is 42.2 Å². The smallest absolute Gasteiger partial charge is 0.336 e. The van der Waals surface area contributed by atoms with Gasteiger partial charge in [0, 0.05) is 30.0 Å². The van der Waals surface area contributed by atoms with Gasteiger partial charge in [0.05, 0.1) is 0 Å². The Bertz CT molecular complexity index is 915. The van der Waals surface area contributed by atoms with Gasteiger partial charge in [0.25, 0.3) is 0 Å². The lowest BCUT2D eigenvalue weighted by molar-refractivity contribution is -0.150. The average molecular weight is 371 g/mol. The van der Waals surface area contributed by atoms with Crippen molar-refractivity contribution in [3.05, 3.63) is 45.3 Å². The van der Waals surface area contributed by atoms with E-state index < -0.39 is 11.6 Å². The summed E-state index contributed by atoms with van der Waals surface area (Å²) in [6.45, 7) is 4.36. The molecule has 1 amide bonds. The standard InChI is InChI=1S/C21H25NO5/c1-14-8-9-17-16(11-19(24)27-21(17)15(14)2)13-26-20(25)12-22-10-6-4-3-5-7-18(22)23/h8-9,11H,3-7,10,12-13H2,1-2H3. The van der Waals surface area contributed by atoms with Gasteiger partial charge in [0.15, 0.2) is 0 Å². The number of carbonyl (C=O) groups excluding carboxylic acids is 2. The van der Waals surface area contributed by atoms with Crippen molar-refractivity contribution in [3.8, 4) is 0 Å². The molecule has 27 heavy (non-hydrogen) atoms. The normalized spacial score (nSPS) is 15.5. The number of fused-ring (bicyclic) bond motifs is 1. The highest BCUT2D eigenvalue weighted by Gasteiger charge is 2.19. The topological polar surface area (TPSA) is 76.8 Å². The van der Waals surface area contributed by atoms with Gasteiger partial charge >= 0.3 is 11.6 Å². The first-order chi connectivity index (χ1) is 13.0. The van der Waals surface area contributed by atoms with Crippen molar-refractivity contribution < 1.29 is 18.7 Å². The zero-order chi connectivity index (χ0) is 19.4. The molecule has 2 heterocycles. The van der Waals surface area contributed by atoms with Crippen molar-refractivity contribution in [1.29, 1.82) is 0 Å². The predicted molar refractivity (Wildman–Crippen MR) is 101 cm³/mol. The molecular weight excluding hydrogens is 346 g/mol. The number of hydrogen-bond donors (Lipinski definition) is 0. The third-order valence-electron chi connectivity index (χ3n) is 5.15. The lowest BCUT2D eigenvalue weighted by atomic mass is 10.0. The largest absolute Gasteiger partial charge is 0.459 e. The van der Waals surface area contributed by atoms with Crippen molar-refractivity contribution in [2.45, 2.75) is 52.6 Å². The molecular formula is C21H25NO5. The summed E-state index contributed by atoms with van der Waals surface area (Å²) in [5.41, 5.74) is 2.57. The molecule has 0 N–H and O–H groups in total. The van der Waals surface area contributed by atoms with E-state index in [-0.39, 0.29) is 19.1 Å². The Kier molecular flexibility index (Phi) is 5.94. The van der Waals surface area contributed by atoms with Gasteiger partial charge in [-0.3, -0.25) is 9.59 Å². The second-order valence-electron chi connectivity index (χ2n) is 7.12. The molecule has 1 aliphatic heterocycles. The molecule has 0 saturated carbocycles. The number of aryl methyl sites for hydroxylation is 2. The van der Waals surface area contributed by atoms with Gasteiger partial charge in [-0.15, -0.1) is 0 Å². The van der Waals surface area contributed by atoms with Crippen LogP contribution in [-0.4, -0.2) is 29.9 Å². The summed E-state index contributed by atoms with van der Waals surface area (Å²) in [7, 11) is 0. The van der Waals surface area contributed by atoms with E-state index in [1.807, 2.05) is 26.0 Å². The maximum absolute atomic E-state index is 12.3. The highest BCUT2D eigenvalue weighted by molar-refractivity contribution is 5.84. The molecule has 0 bridgehead atoms. The summed E-state index contributed by atoms with van der Waals surface area (Å²) in [5, 5.41) is 0.757. The van der Waals surface area contributed by atoms with Gasteiger partial charge in [-0.2, -0.15) is 0 Å². The van der Waals surface area contributed by atoms with Gasteiger partial charge in [-0.25, -0.2) is 4.79 Å². The molecule has 144 valence electrons. The molecule has 1 saturated heterocycles. The van der Waals surface area contributed by atoms with Gasteiger partial charge in [-0.05, 0) is 37.8 Å². The van der Waals surface area contributed by atoms with Crippen molar-refractivity contribution in [3.63, 3.8) is 0 Å². The lowest BCUT2D eigenvalue weighted by Gasteiger charge is -2.23. The molecule has 1 aromatic heterocycles. The zero-order valence-electron chi connectivity index (χ0n) is 15.9. The van der Waals surface area contributed by atoms with Gasteiger partial charge in [-0.1, -0.05) is 25.0 Å². The first-order valence-corrected chi connectivity index (χ1v) is 9.42. The van der Waals surface area contributed by atoms with E-state index in [4.69, 9.17) is 9.15 Å². The quantitative estimate of drug-likeness (QED) is 0.609. The van der Waals surface area contributed by atoms with E-state index in [1.54, 1.807) is 4.90 Å². The highest BCUT2D eigenvalue weighted by Crippen LogP contribution is 2.23.